The number of aliphatic hydroxyl groups is 2. The molecule has 1 aliphatic heterocycles. The normalized spacial score (nSPS) is 29.5. The molecule has 0 aromatic heterocycles. The van der Waals surface area contributed by atoms with Crippen LogP contribution >= 0.6 is 0 Å². The first-order chi connectivity index (χ1) is 11.1. The number of rotatable bonds is 4. The van der Waals surface area contributed by atoms with Crippen molar-refractivity contribution >= 4 is 5.97 Å². The molecule has 1 fully saturated rings. The summed E-state index contributed by atoms with van der Waals surface area (Å²) in [7, 11) is 0. The molecule has 5 heteroatoms. The van der Waals surface area contributed by atoms with Crippen molar-refractivity contribution in [2.24, 2.45) is 11.3 Å². The Bertz CT molecular complexity index is 568. The molecule has 0 aliphatic carbocycles. The predicted molar refractivity (Wildman–Crippen MR) is 92.1 cm³/mol. The molecule has 1 aliphatic rings. The number of likely N-dealkylation sites (tertiary alicyclic amines) is 1. The number of aliphatic hydroxyl groups excluding tert-OH is 2. The Balaban J connectivity index is 2.28. The quantitative estimate of drug-likeness (QED) is 0.827. The zero-order chi connectivity index (χ0) is 18.1. The van der Waals surface area contributed by atoms with Gasteiger partial charge in [-0.1, -0.05) is 37.3 Å². The van der Waals surface area contributed by atoms with E-state index in [1.807, 2.05) is 42.2 Å². The Hall–Kier alpha value is -1.43. The SMILES string of the molecule is CC1C(O)N([C@H](C)c2ccccc2)C[C@@]1(CO)C(=O)OC(C)(C)C. The van der Waals surface area contributed by atoms with E-state index in [-0.39, 0.29) is 19.2 Å². The minimum atomic E-state index is -1.12. The van der Waals surface area contributed by atoms with Gasteiger partial charge in [0, 0.05) is 18.5 Å². The minimum absolute atomic E-state index is 0.0699. The molecule has 24 heavy (non-hydrogen) atoms. The fraction of sp³-hybridized carbons (Fsp3) is 0.632. The molecule has 2 rings (SSSR count). The molecule has 1 heterocycles. The smallest absolute Gasteiger partial charge is 0.316 e. The average Bonchev–Trinajstić information content (AvgIpc) is 2.79. The number of carbonyl (C=O) groups excluding carboxylic acids is 1. The first kappa shape index (κ1) is 18.9. The third-order valence-corrected chi connectivity index (χ3v) is 4.99. The van der Waals surface area contributed by atoms with E-state index < -0.39 is 29.1 Å². The molecule has 134 valence electrons. The van der Waals surface area contributed by atoms with E-state index in [0.29, 0.717) is 0 Å². The van der Waals surface area contributed by atoms with Gasteiger partial charge in [-0.3, -0.25) is 9.69 Å². The Kier molecular flexibility index (Phi) is 5.37. The van der Waals surface area contributed by atoms with Crippen LogP contribution in [-0.4, -0.2) is 46.1 Å². The van der Waals surface area contributed by atoms with Gasteiger partial charge >= 0.3 is 5.97 Å². The van der Waals surface area contributed by atoms with Gasteiger partial charge in [-0.2, -0.15) is 0 Å². The van der Waals surface area contributed by atoms with Crippen LogP contribution in [0.3, 0.4) is 0 Å². The lowest BCUT2D eigenvalue weighted by atomic mass is 9.79. The van der Waals surface area contributed by atoms with Gasteiger partial charge in [0.25, 0.3) is 0 Å². The lowest BCUT2D eigenvalue weighted by Gasteiger charge is -2.32. The zero-order valence-electron chi connectivity index (χ0n) is 15.2. The highest BCUT2D eigenvalue weighted by atomic mass is 16.6. The summed E-state index contributed by atoms with van der Waals surface area (Å²) < 4.78 is 5.53. The van der Waals surface area contributed by atoms with E-state index >= 15 is 0 Å². The van der Waals surface area contributed by atoms with E-state index in [1.165, 1.54) is 0 Å². The number of esters is 1. The number of hydrogen-bond donors (Lipinski definition) is 2. The molecule has 4 atom stereocenters. The molecule has 0 amide bonds. The molecule has 2 unspecified atom stereocenters. The van der Waals surface area contributed by atoms with E-state index in [4.69, 9.17) is 4.74 Å². The molecule has 0 saturated carbocycles. The molecule has 2 N–H and O–H groups in total. The average molecular weight is 335 g/mol. The van der Waals surface area contributed by atoms with Gasteiger partial charge in [0.05, 0.1) is 6.61 Å². The van der Waals surface area contributed by atoms with E-state index in [9.17, 15) is 15.0 Å². The number of carbonyl (C=O) groups is 1. The van der Waals surface area contributed by atoms with Gasteiger partial charge < -0.3 is 14.9 Å². The third kappa shape index (κ3) is 3.48. The molecular weight excluding hydrogens is 306 g/mol. The summed E-state index contributed by atoms with van der Waals surface area (Å²) in [4.78, 5) is 14.6. The topological polar surface area (TPSA) is 70.0 Å². The van der Waals surface area contributed by atoms with Gasteiger partial charge in [0.1, 0.15) is 17.2 Å². The van der Waals surface area contributed by atoms with Crippen molar-refractivity contribution in [2.75, 3.05) is 13.2 Å². The Morgan fingerprint density at radius 1 is 1.38 bits per heavy atom. The van der Waals surface area contributed by atoms with Crippen LogP contribution in [0.25, 0.3) is 0 Å². The molecule has 0 bridgehead atoms. The number of hydrogen-bond acceptors (Lipinski definition) is 5. The fourth-order valence-electron chi connectivity index (χ4n) is 3.31. The van der Waals surface area contributed by atoms with Crippen LogP contribution in [0.15, 0.2) is 30.3 Å². The summed E-state index contributed by atoms with van der Waals surface area (Å²) in [5, 5.41) is 20.7. The van der Waals surface area contributed by atoms with E-state index in [1.54, 1.807) is 27.7 Å². The predicted octanol–water partition coefficient (Wildman–Crippen LogP) is 2.34. The van der Waals surface area contributed by atoms with Gasteiger partial charge in [-0.05, 0) is 33.3 Å². The third-order valence-electron chi connectivity index (χ3n) is 4.99. The number of nitrogens with zero attached hydrogens (tertiary/aromatic N) is 1. The summed E-state index contributed by atoms with van der Waals surface area (Å²) in [6.07, 6.45) is -0.820. The largest absolute Gasteiger partial charge is 0.459 e. The van der Waals surface area contributed by atoms with Crippen molar-refractivity contribution < 1.29 is 19.7 Å². The summed E-state index contributed by atoms with van der Waals surface area (Å²) in [5.41, 5.74) is -0.695. The Labute approximate surface area is 144 Å². The van der Waals surface area contributed by atoms with Gasteiger partial charge in [0.2, 0.25) is 0 Å². The van der Waals surface area contributed by atoms with Crippen LogP contribution in [0, 0.1) is 11.3 Å². The first-order valence-electron chi connectivity index (χ1n) is 8.45. The maximum atomic E-state index is 12.8. The van der Waals surface area contributed by atoms with Crippen molar-refractivity contribution in [3.8, 4) is 0 Å². The van der Waals surface area contributed by atoms with Crippen molar-refractivity contribution in [1.82, 2.24) is 4.90 Å². The maximum Gasteiger partial charge on any atom is 0.316 e. The van der Waals surface area contributed by atoms with Crippen LogP contribution in [0.4, 0.5) is 0 Å². The summed E-state index contributed by atoms with van der Waals surface area (Å²) >= 11 is 0. The first-order valence-corrected chi connectivity index (χ1v) is 8.45. The summed E-state index contributed by atoms with van der Waals surface area (Å²) in [5.74, 6) is -0.879. The molecule has 1 aromatic carbocycles. The standard InChI is InChI=1S/C19H29NO4/c1-13-16(22)20(14(2)15-9-7-6-8-10-15)11-19(13,12-21)17(23)24-18(3,4)5/h6-10,13-14,16,21-22H,11-12H2,1-5H3/t13?,14-,16?,19+/m1/s1. The monoisotopic (exact) mass is 335 g/mol. The lowest BCUT2D eigenvalue weighted by molar-refractivity contribution is -0.172. The molecular formula is C19H29NO4. The molecule has 0 radical (unpaired) electrons. The van der Waals surface area contributed by atoms with Crippen LogP contribution in [0.1, 0.15) is 46.2 Å². The highest BCUT2D eigenvalue weighted by molar-refractivity contribution is 5.78. The van der Waals surface area contributed by atoms with Crippen molar-refractivity contribution in [3.05, 3.63) is 35.9 Å². The number of benzene rings is 1. The summed E-state index contributed by atoms with van der Waals surface area (Å²) in [6, 6.07) is 9.76. The number of ether oxygens (including phenoxy) is 1. The van der Waals surface area contributed by atoms with E-state index in [2.05, 4.69) is 0 Å². The van der Waals surface area contributed by atoms with Gasteiger partial charge in [-0.15, -0.1) is 0 Å². The lowest BCUT2D eigenvalue weighted by Crippen LogP contribution is -2.46. The van der Waals surface area contributed by atoms with Gasteiger partial charge in [-0.25, -0.2) is 0 Å². The summed E-state index contributed by atoms with van der Waals surface area (Å²) in [6.45, 7) is 9.11. The van der Waals surface area contributed by atoms with Crippen molar-refractivity contribution in [1.29, 1.82) is 0 Å². The van der Waals surface area contributed by atoms with E-state index in [0.717, 1.165) is 5.56 Å². The second-order valence-corrected chi connectivity index (χ2v) is 7.78. The molecule has 0 spiro atoms. The Morgan fingerprint density at radius 3 is 2.46 bits per heavy atom. The van der Waals surface area contributed by atoms with Crippen molar-refractivity contribution in [2.45, 2.75) is 52.5 Å². The van der Waals surface area contributed by atoms with Crippen LogP contribution in [-0.2, 0) is 9.53 Å². The second kappa shape index (κ2) is 6.82. The zero-order valence-corrected chi connectivity index (χ0v) is 15.2. The van der Waals surface area contributed by atoms with Crippen LogP contribution in [0.5, 0.6) is 0 Å². The molecule has 1 saturated heterocycles. The highest BCUT2D eigenvalue weighted by Gasteiger charge is 2.57. The highest BCUT2D eigenvalue weighted by Crippen LogP contribution is 2.44. The maximum absolute atomic E-state index is 12.8. The van der Waals surface area contributed by atoms with Crippen LogP contribution < -0.4 is 0 Å². The fourth-order valence-corrected chi connectivity index (χ4v) is 3.31. The molecule has 1 aromatic rings. The van der Waals surface area contributed by atoms with Gasteiger partial charge in [0.15, 0.2) is 0 Å². The van der Waals surface area contributed by atoms with Crippen molar-refractivity contribution in [3.63, 3.8) is 0 Å². The Morgan fingerprint density at radius 2 is 1.96 bits per heavy atom. The molecule has 5 nitrogen and oxygen atoms in total. The minimum Gasteiger partial charge on any atom is -0.459 e. The van der Waals surface area contributed by atoms with Crippen LogP contribution in [0.2, 0.25) is 0 Å². The second-order valence-electron chi connectivity index (χ2n) is 7.78.